The van der Waals surface area contributed by atoms with Crippen LogP contribution in [0.4, 0.5) is 0 Å². The fraction of sp³-hybridized carbons (Fsp3) is 0.308. The van der Waals surface area contributed by atoms with Crippen LogP contribution in [0.1, 0.15) is 6.92 Å². The van der Waals surface area contributed by atoms with Crippen molar-refractivity contribution in [2.75, 3.05) is 19.7 Å². The van der Waals surface area contributed by atoms with Crippen LogP contribution >= 0.6 is 34.8 Å². The Bertz CT molecular complexity index is 495. The second-order valence-corrected chi connectivity index (χ2v) is 5.38. The number of ether oxygens (including phenoxy) is 1. The fourth-order valence-electron chi connectivity index (χ4n) is 1.28. The molecule has 0 fully saturated rings. The van der Waals surface area contributed by atoms with Crippen molar-refractivity contribution in [1.29, 1.82) is 0 Å². The van der Waals surface area contributed by atoms with E-state index in [1.807, 2.05) is 6.92 Å². The number of benzene rings is 1. The minimum Gasteiger partial charge on any atom is -0.489 e. The van der Waals surface area contributed by atoms with Gasteiger partial charge in [0.15, 0.2) is 11.7 Å². The van der Waals surface area contributed by atoms with E-state index < -0.39 is 0 Å². The van der Waals surface area contributed by atoms with Crippen molar-refractivity contribution in [1.82, 2.24) is 5.32 Å². The molecule has 0 bridgehead atoms. The van der Waals surface area contributed by atoms with Crippen LogP contribution in [0, 0.1) is 0 Å². The molecule has 0 aliphatic carbocycles. The number of nitrogens with one attached hydrogen (secondary N) is 1. The highest BCUT2D eigenvalue weighted by atomic mass is 35.5. The summed E-state index contributed by atoms with van der Waals surface area (Å²) in [6, 6.07) is 3.14. The van der Waals surface area contributed by atoms with Crippen molar-refractivity contribution in [3.05, 3.63) is 39.4 Å². The topological polar surface area (TPSA) is 59.6 Å². The van der Waals surface area contributed by atoms with Gasteiger partial charge in [0.25, 0.3) is 0 Å². The summed E-state index contributed by atoms with van der Waals surface area (Å²) in [5.41, 5.74) is 6.59. The first-order valence-corrected chi connectivity index (χ1v) is 6.99. The number of nitrogens with zero attached hydrogens (tertiary/aromatic N) is 1. The summed E-state index contributed by atoms with van der Waals surface area (Å²) in [6.45, 7) is 6.92. The number of hydrogen-bond acceptors (Lipinski definition) is 2. The normalized spacial score (nSPS) is 11.3. The van der Waals surface area contributed by atoms with Gasteiger partial charge in [0, 0.05) is 5.02 Å². The van der Waals surface area contributed by atoms with Gasteiger partial charge in [0.1, 0.15) is 6.61 Å². The van der Waals surface area contributed by atoms with Crippen LogP contribution in [0.5, 0.6) is 5.75 Å². The van der Waals surface area contributed by atoms with E-state index in [1.165, 1.54) is 0 Å². The highest BCUT2D eigenvalue weighted by Gasteiger charge is 2.08. The molecule has 0 unspecified atom stereocenters. The Kier molecular flexibility index (Phi) is 6.99. The maximum atomic E-state index is 5.99. The number of nitrogens with two attached hydrogens (primary N) is 1. The van der Waals surface area contributed by atoms with Crippen LogP contribution in [0.3, 0.4) is 0 Å². The quantitative estimate of drug-likeness (QED) is 0.362. The summed E-state index contributed by atoms with van der Waals surface area (Å²) in [4.78, 5) is 4.07. The van der Waals surface area contributed by atoms with Crippen molar-refractivity contribution < 1.29 is 4.74 Å². The van der Waals surface area contributed by atoms with Crippen LogP contribution in [0.2, 0.25) is 15.1 Å². The van der Waals surface area contributed by atoms with E-state index in [0.29, 0.717) is 46.5 Å². The molecule has 0 aliphatic rings. The molecule has 0 aliphatic heterocycles. The van der Waals surface area contributed by atoms with Crippen molar-refractivity contribution in [2.24, 2.45) is 10.7 Å². The lowest BCUT2D eigenvalue weighted by Gasteiger charge is -2.11. The molecule has 0 saturated heterocycles. The molecule has 3 N–H and O–H groups in total. The van der Waals surface area contributed by atoms with E-state index in [1.54, 1.807) is 12.1 Å². The van der Waals surface area contributed by atoms with Crippen LogP contribution < -0.4 is 15.8 Å². The van der Waals surface area contributed by atoms with Gasteiger partial charge < -0.3 is 15.8 Å². The fourth-order valence-corrected chi connectivity index (χ4v) is 2.20. The van der Waals surface area contributed by atoms with Crippen molar-refractivity contribution in [3.8, 4) is 5.75 Å². The number of halogens is 3. The van der Waals surface area contributed by atoms with E-state index in [4.69, 9.17) is 45.3 Å². The molecule has 4 nitrogen and oxygen atoms in total. The van der Waals surface area contributed by atoms with E-state index in [2.05, 4.69) is 16.9 Å². The number of aliphatic imine (C=N–C) groups is 1. The van der Waals surface area contributed by atoms with Crippen molar-refractivity contribution in [3.63, 3.8) is 0 Å². The summed E-state index contributed by atoms with van der Waals surface area (Å²) < 4.78 is 5.49. The first-order chi connectivity index (χ1) is 9.40. The zero-order valence-corrected chi connectivity index (χ0v) is 13.3. The Morgan fingerprint density at radius 3 is 2.50 bits per heavy atom. The molecule has 0 amide bonds. The molecule has 0 radical (unpaired) electrons. The molecule has 7 heteroatoms. The molecular weight excluding hydrogens is 321 g/mol. The Morgan fingerprint density at radius 1 is 1.35 bits per heavy atom. The predicted octanol–water partition coefficient (Wildman–Crippen LogP) is 3.51. The van der Waals surface area contributed by atoms with E-state index in [9.17, 15) is 0 Å². The van der Waals surface area contributed by atoms with E-state index >= 15 is 0 Å². The molecule has 1 rings (SSSR count). The smallest absolute Gasteiger partial charge is 0.189 e. The third-order valence-corrected chi connectivity index (χ3v) is 2.92. The highest BCUT2D eigenvalue weighted by molar-refractivity contribution is 6.40. The number of hydrogen-bond donors (Lipinski definition) is 2. The first kappa shape index (κ1) is 17.0. The highest BCUT2D eigenvalue weighted by Crippen LogP contribution is 2.35. The van der Waals surface area contributed by atoms with Crippen molar-refractivity contribution >= 4 is 40.8 Å². The average molecular weight is 337 g/mol. The van der Waals surface area contributed by atoms with Gasteiger partial charge in [0.05, 0.1) is 23.1 Å². The lowest BCUT2D eigenvalue weighted by Crippen LogP contribution is -2.34. The van der Waals surface area contributed by atoms with Crippen LogP contribution in [0.15, 0.2) is 29.3 Å². The molecule has 110 valence electrons. The Labute approximate surface area is 133 Å². The molecule has 0 spiro atoms. The molecule has 0 aromatic heterocycles. The summed E-state index contributed by atoms with van der Waals surface area (Å²) in [5, 5.41) is 4.10. The first-order valence-electron chi connectivity index (χ1n) is 5.85. The van der Waals surface area contributed by atoms with E-state index in [-0.39, 0.29) is 0 Å². The molecule has 1 aromatic rings. The molecular formula is C13H16Cl3N3O. The standard InChI is InChI=1S/C13H16Cl3N3O/c1-8(2)7-19-13(17)18-3-4-20-12-10(15)5-9(14)6-11(12)16/h5-6H,1,3-4,7H2,2H3,(H3,17,18,19). The van der Waals surface area contributed by atoms with Gasteiger partial charge in [-0.15, -0.1) is 0 Å². The molecule has 20 heavy (non-hydrogen) atoms. The minimum absolute atomic E-state index is 0.338. The van der Waals surface area contributed by atoms with Gasteiger partial charge in [-0.3, -0.25) is 0 Å². The number of rotatable bonds is 6. The molecule has 0 heterocycles. The van der Waals surface area contributed by atoms with Gasteiger partial charge in [-0.2, -0.15) is 0 Å². The van der Waals surface area contributed by atoms with Crippen molar-refractivity contribution in [2.45, 2.75) is 6.92 Å². The van der Waals surface area contributed by atoms with Gasteiger partial charge in [-0.05, 0) is 19.1 Å². The molecule has 0 saturated carbocycles. The van der Waals surface area contributed by atoms with Gasteiger partial charge in [0.2, 0.25) is 0 Å². The second kappa shape index (κ2) is 8.25. The Balaban J connectivity index is 2.42. The van der Waals surface area contributed by atoms with Crippen LogP contribution in [-0.4, -0.2) is 25.7 Å². The summed E-state index contributed by atoms with van der Waals surface area (Å²) in [7, 11) is 0. The minimum atomic E-state index is 0.338. The van der Waals surface area contributed by atoms with Gasteiger partial charge in [-0.1, -0.05) is 47.0 Å². The van der Waals surface area contributed by atoms with Gasteiger partial charge in [-0.25, -0.2) is 4.99 Å². The Hall–Kier alpha value is -1.10. The molecule has 0 atom stereocenters. The van der Waals surface area contributed by atoms with E-state index in [0.717, 1.165) is 5.57 Å². The average Bonchev–Trinajstić information content (AvgIpc) is 2.34. The number of guanidine groups is 1. The largest absolute Gasteiger partial charge is 0.489 e. The van der Waals surface area contributed by atoms with Crippen LogP contribution in [-0.2, 0) is 0 Å². The van der Waals surface area contributed by atoms with Gasteiger partial charge >= 0.3 is 0 Å². The lowest BCUT2D eigenvalue weighted by molar-refractivity contribution is 0.322. The SMILES string of the molecule is C=C(C)CN=C(N)NCCOc1c(Cl)cc(Cl)cc1Cl. The summed E-state index contributed by atoms with van der Waals surface area (Å²) in [6.07, 6.45) is 0. The molecule has 1 aromatic carbocycles. The predicted molar refractivity (Wildman–Crippen MR) is 86.3 cm³/mol. The third-order valence-electron chi connectivity index (χ3n) is 2.14. The van der Waals surface area contributed by atoms with Crippen LogP contribution in [0.25, 0.3) is 0 Å². The maximum Gasteiger partial charge on any atom is 0.189 e. The second-order valence-electron chi connectivity index (χ2n) is 4.13. The maximum absolute atomic E-state index is 5.99. The Morgan fingerprint density at radius 2 is 1.95 bits per heavy atom. The zero-order chi connectivity index (χ0) is 15.1. The summed E-state index contributed by atoms with van der Waals surface area (Å²) in [5.74, 6) is 0.738. The monoisotopic (exact) mass is 335 g/mol. The lowest BCUT2D eigenvalue weighted by atomic mass is 10.3. The summed E-state index contributed by atoms with van der Waals surface area (Å²) >= 11 is 17.8. The third kappa shape index (κ3) is 5.90. The zero-order valence-electron chi connectivity index (χ0n) is 11.0.